The number of benzene rings is 2. The first-order valence-corrected chi connectivity index (χ1v) is 8.87. The van der Waals surface area contributed by atoms with Gasteiger partial charge in [-0.15, -0.1) is 5.06 Å². The van der Waals surface area contributed by atoms with Gasteiger partial charge in [-0.3, -0.25) is 0 Å². The van der Waals surface area contributed by atoms with Gasteiger partial charge >= 0.3 is 5.97 Å². The number of hydrogen-bond acceptors (Lipinski definition) is 3. The quantitative estimate of drug-likeness (QED) is 0.826. The maximum absolute atomic E-state index is 12.0. The summed E-state index contributed by atoms with van der Waals surface area (Å²) in [6.45, 7) is 7.34. The van der Waals surface area contributed by atoms with E-state index in [1.165, 1.54) is 16.3 Å². The Labute approximate surface area is 144 Å². The Morgan fingerprint density at radius 3 is 2.46 bits per heavy atom. The van der Waals surface area contributed by atoms with E-state index in [4.69, 9.17) is 4.84 Å². The fraction of sp³-hybridized carbons (Fsp3) is 0.476. The molecule has 24 heavy (non-hydrogen) atoms. The molecule has 1 heterocycles. The standard InChI is InChI=1S/C21H27NO2/c1-21(2,3)20(23)24-22-13-11-16(12-14-22)15-18-9-6-8-17-7-4-5-10-19(17)18/h4-10,16H,11-15H2,1-3H3. The lowest BCUT2D eigenvalue weighted by molar-refractivity contribution is -0.206. The lowest BCUT2D eigenvalue weighted by Gasteiger charge is -2.32. The average molecular weight is 325 g/mol. The monoisotopic (exact) mass is 325 g/mol. The minimum atomic E-state index is -0.445. The first kappa shape index (κ1) is 17.0. The van der Waals surface area contributed by atoms with Crippen LogP contribution >= 0.6 is 0 Å². The van der Waals surface area contributed by atoms with E-state index >= 15 is 0 Å². The Hall–Kier alpha value is -1.87. The van der Waals surface area contributed by atoms with Crippen molar-refractivity contribution < 1.29 is 9.63 Å². The van der Waals surface area contributed by atoms with Gasteiger partial charge < -0.3 is 4.84 Å². The fourth-order valence-electron chi connectivity index (χ4n) is 3.24. The summed E-state index contributed by atoms with van der Waals surface area (Å²) < 4.78 is 0. The molecule has 0 radical (unpaired) electrons. The Kier molecular flexibility index (Phi) is 4.91. The van der Waals surface area contributed by atoms with E-state index in [0.29, 0.717) is 5.92 Å². The molecule has 0 aromatic heterocycles. The van der Waals surface area contributed by atoms with E-state index in [9.17, 15) is 4.79 Å². The van der Waals surface area contributed by atoms with E-state index < -0.39 is 5.41 Å². The van der Waals surface area contributed by atoms with Crippen molar-refractivity contribution in [1.29, 1.82) is 0 Å². The minimum absolute atomic E-state index is 0.144. The number of fused-ring (bicyclic) bond motifs is 1. The van der Waals surface area contributed by atoms with Crippen molar-refractivity contribution in [2.75, 3.05) is 13.1 Å². The van der Waals surface area contributed by atoms with Crippen LogP contribution in [0.4, 0.5) is 0 Å². The Bertz CT molecular complexity index is 704. The molecule has 2 aromatic carbocycles. The van der Waals surface area contributed by atoms with Crippen molar-refractivity contribution >= 4 is 16.7 Å². The highest BCUT2D eigenvalue weighted by molar-refractivity contribution is 5.85. The van der Waals surface area contributed by atoms with Crippen LogP contribution in [0.15, 0.2) is 42.5 Å². The number of piperidine rings is 1. The molecule has 2 aromatic rings. The Morgan fingerprint density at radius 2 is 1.75 bits per heavy atom. The second-order valence-corrected chi connectivity index (χ2v) is 7.84. The van der Waals surface area contributed by atoms with Crippen LogP contribution in [0.25, 0.3) is 10.8 Å². The summed E-state index contributed by atoms with van der Waals surface area (Å²) in [4.78, 5) is 17.5. The van der Waals surface area contributed by atoms with Gasteiger partial charge in [-0.1, -0.05) is 42.5 Å². The molecule has 0 amide bonds. The molecule has 0 atom stereocenters. The third kappa shape index (κ3) is 3.96. The first-order valence-electron chi connectivity index (χ1n) is 8.87. The van der Waals surface area contributed by atoms with Crippen LogP contribution < -0.4 is 0 Å². The zero-order valence-corrected chi connectivity index (χ0v) is 14.9. The molecule has 1 aliphatic rings. The van der Waals surface area contributed by atoms with E-state index in [1.807, 2.05) is 25.8 Å². The summed E-state index contributed by atoms with van der Waals surface area (Å²) in [6.07, 6.45) is 3.24. The third-order valence-corrected chi connectivity index (χ3v) is 4.79. The van der Waals surface area contributed by atoms with Crippen molar-refractivity contribution in [3.05, 3.63) is 48.0 Å². The van der Waals surface area contributed by atoms with Crippen LogP contribution in [0.5, 0.6) is 0 Å². The lowest BCUT2D eigenvalue weighted by Crippen LogP contribution is -2.39. The summed E-state index contributed by atoms with van der Waals surface area (Å²) in [6, 6.07) is 15.2. The molecule has 0 saturated carbocycles. The van der Waals surface area contributed by atoms with Gasteiger partial charge in [0.15, 0.2) is 0 Å². The second kappa shape index (κ2) is 6.94. The van der Waals surface area contributed by atoms with Crippen molar-refractivity contribution in [3.63, 3.8) is 0 Å². The van der Waals surface area contributed by atoms with Crippen LogP contribution in [0.2, 0.25) is 0 Å². The molecule has 0 spiro atoms. The predicted octanol–water partition coefficient (Wildman–Crippen LogP) is 4.60. The molecule has 3 rings (SSSR count). The topological polar surface area (TPSA) is 29.5 Å². The number of carbonyl (C=O) groups is 1. The molecule has 3 nitrogen and oxygen atoms in total. The van der Waals surface area contributed by atoms with Gasteiger partial charge in [-0.2, -0.15) is 0 Å². The van der Waals surface area contributed by atoms with Crippen LogP contribution in [0.1, 0.15) is 39.2 Å². The molecular weight excluding hydrogens is 298 g/mol. The van der Waals surface area contributed by atoms with Crippen LogP contribution in [-0.4, -0.2) is 24.1 Å². The van der Waals surface area contributed by atoms with Gasteiger partial charge in [0.2, 0.25) is 0 Å². The van der Waals surface area contributed by atoms with Gasteiger partial charge in [0.1, 0.15) is 0 Å². The molecule has 0 unspecified atom stereocenters. The van der Waals surface area contributed by atoms with Crippen molar-refractivity contribution in [2.24, 2.45) is 11.3 Å². The molecule has 0 aliphatic carbocycles. The van der Waals surface area contributed by atoms with Crippen molar-refractivity contribution in [1.82, 2.24) is 5.06 Å². The van der Waals surface area contributed by atoms with Crippen LogP contribution in [0.3, 0.4) is 0 Å². The normalized spacial score (nSPS) is 17.1. The van der Waals surface area contributed by atoms with E-state index in [2.05, 4.69) is 42.5 Å². The van der Waals surface area contributed by atoms with E-state index in [0.717, 1.165) is 32.4 Å². The molecule has 0 N–H and O–H groups in total. The summed E-state index contributed by atoms with van der Waals surface area (Å²) in [7, 11) is 0. The zero-order valence-electron chi connectivity index (χ0n) is 14.9. The molecule has 1 saturated heterocycles. The maximum Gasteiger partial charge on any atom is 0.330 e. The van der Waals surface area contributed by atoms with Crippen LogP contribution in [-0.2, 0) is 16.1 Å². The number of rotatable bonds is 3. The smallest absolute Gasteiger partial charge is 0.330 e. The van der Waals surface area contributed by atoms with Gasteiger partial charge in [0.05, 0.1) is 5.41 Å². The summed E-state index contributed by atoms with van der Waals surface area (Å²) in [5, 5.41) is 4.51. The van der Waals surface area contributed by atoms with Gasteiger partial charge in [0.25, 0.3) is 0 Å². The van der Waals surface area contributed by atoms with Gasteiger partial charge in [-0.25, -0.2) is 4.79 Å². The maximum atomic E-state index is 12.0. The zero-order chi connectivity index (χ0) is 17.2. The van der Waals surface area contributed by atoms with Crippen molar-refractivity contribution in [3.8, 4) is 0 Å². The molecule has 1 aliphatic heterocycles. The van der Waals surface area contributed by atoms with E-state index in [1.54, 1.807) is 0 Å². The Balaban J connectivity index is 1.58. The number of hydrogen-bond donors (Lipinski definition) is 0. The van der Waals surface area contributed by atoms with Crippen LogP contribution in [0, 0.1) is 11.3 Å². The summed E-state index contributed by atoms with van der Waals surface area (Å²) in [5.41, 5.74) is 0.984. The predicted molar refractivity (Wildman–Crippen MR) is 97.5 cm³/mol. The minimum Gasteiger partial charge on any atom is -0.367 e. The SMILES string of the molecule is CC(C)(C)C(=O)ON1CCC(Cc2cccc3ccccc23)CC1. The molecule has 0 bridgehead atoms. The van der Waals surface area contributed by atoms with Gasteiger partial charge in [0, 0.05) is 13.1 Å². The fourth-order valence-corrected chi connectivity index (χ4v) is 3.24. The molecule has 1 fully saturated rings. The number of carbonyl (C=O) groups excluding carboxylic acids is 1. The molecular formula is C21H27NO2. The summed E-state index contributed by atoms with van der Waals surface area (Å²) in [5.74, 6) is 0.510. The van der Waals surface area contributed by atoms with E-state index in [-0.39, 0.29) is 5.97 Å². The molecule has 3 heteroatoms. The van der Waals surface area contributed by atoms with Gasteiger partial charge in [-0.05, 0) is 62.3 Å². The summed E-state index contributed by atoms with van der Waals surface area (Å²) >= 11 is 0. The first-order chi connectivity index (χ1) is 11.4. The third-order valence-electron chi connectivity index (χ3n) is 4.79. The second-order valence-electron chi connectivity index (χ2n) is 7.84. The highest BCUT2D eigenvalue weighted by atomic mass is 16.7. The Morgan fingerprint density at radius 1 is 1.08 bits per heavy atom. The highest BCUT2D eigenvalue weighted by Crippen LogP contribution is 2.27. The average Bonchev–Trinajstić information content (AvgIpc) is 2.56. The highest BCUT2D eigenvalue weighted by Gasteiger charge is 2.28. The number of hydroxylamine groups is 2. The number of nitrogens with zero attached hydrogens (tertiary/aromatic N) is 1. The van der Waals surface area contributed by atoms with Crippen molar-refractivity contribution in [2.45, 2.75) is 40.0 Å². The molecule has 128 valence electrons. The largest absolute Gasteiger partial charge is 0.367 e. The lowest BCUT2D eigenvalue weighted by atomic mass is 9.89.